The van der Waals surface area contributed by atoms with Crippen molar-refractivity contribution in [2.45, 2.75) is 45.0 Å². The maximum Gasteiger partial charge on any atom is 0.127 e. The monoisotopic (exact) mass is 310 g/mol. The number of rotatable bonds is 3. The number of alkyl halides is 1. The Balaban J connectivity index is 2.04. The molecule has 1 aromatic heterocycles. The van der Waals surface area contributed by atoms with Crippen LogP contribution in [0.2, 0.25) is 5.02 Å². The number of hydrogen-bond donors (Lipinski definition) is 0. The molecule has 2 aromatic rings. The largest absolute Gasteiger partial charge is 0.325 e. The lowest BCUT2D eigenvalue weighted by Gasteiger charge is -2.16. The number of aromatic nitrogens is 2. The van der Waals surface area contributed by atoms with E-state index in [1.54, 1.807) is 0 Å². The molecule has 108 valence electrons. The van der Waals surface area contributed by atoms with Crippen LogP contribution in [-0.4, -0.2) is 9.55 Å². The maximum absolute atomic E-state index is 6.39. The zero-order chi connectivity index (χ0) is 14.3. The van der Waals surface area contributed by atoms with Crippen LogP contribution in [0.5, 0.6) is 0 Å². The van der Waals surface area contributed by atoms with E-state index in [1.165, 1.54) is 19.3 Å². The number of halogens is 2. The Hall–Kier alpha value is -0.730. The van der Waals surface area contributed by atoms with Crippen LogP contribution in [0.3, 0.4) is 0 Å². The zero-order valence-corrected chi connectivity index (χ0v) is 13.5. The van der Waals surface area contributed by atoms with Gasteiger partial charge in [-0.25, -0.2) is 4.98 Å². The summed E-state index contributed by atoms with van der Waals surface area (Å²) < 4.78 is 2.25. The van der Waals surface area contributed by atoms with Crippen LogP contribution in [0.15, 0.2) is 18.2 Å². The average molecular weight is 311 g/mol. The van der Waals surface area contributed by atoms with Gasteiger partial charge in [0.05, 0.1) is 21.4 Å². The summed E-state index contributed by atoms with van der Waals surface area (Å²) >= 11 is 12.7. The normalized spacial score (nSPS) is 24.4. The molecular weight excluding hydrogens is 291 g/mol. The van der Waals surface area contributed by atoms with Gasteiger partial charge in [-0.3, -0.25) is 0 Å². The first kappa shape index (κ1) is 14.2. The van der Waals surface area contributed by atoms with Gasteiger partial charge in [0.15, 0.2) is 0 Å². The molecule has 0 amide bonds. The quantitative estimate of drug-likeness (QED) is 0.691. The predicted molar refractivity (Wildman–Crippen MR) is 85.5 cm³/mol. The summed E-state index contributed by atoms with van der Waals surface area (Å²) in [5.74, 6) is 2.49. The summed E-state index contributed by atoms with van der Waals surface area (Å²) in [5.41, 5.74) is 1.99. The van der Waals surface area contributed by atoms with E-state index < -0.39 is 0 Å². The van der Waals surface area contributed by atoms with Gasteiger partial charge < -0.3 is 4.57 Å². The van der Waals surface area contributed by atoms with Crippen LogP contribution in [0.1, 0.15) is 44.3 Å². The highest BCUT2D eigenvalue weighted by molar-refractivity contribution is 6.35. The molecule has 1 aliphatic rings. The molecule has 1 heterocycles. The molecule has 1 fully saturated rings. The van der Waals surface area contributed by atoms with Gasteiger partial charge in [0.2, 0.25) is 0 Å². The van der Waals surface area contributed by atoms with Crippen molar-refractivity contribution in [2.24, 2.45) is 11.8 Å². The molecule has 0 bridgehead atoms. The highest BCUT2D eigenvalue weighted by Gasteiger charge is 2.25. The summed E-state index contributed by atoms with van der Waals surface area (Å²) in [7, 11) is 0. The molecule has 1 aromatic carbocycles. The molecular formula is C16H20Cl2N2. The molecule has 3 atom stereocenters. The van der Waals surface area contributed by atoms with Gasteiger partial charge in [-0.05, 0) is 43.7 Å². The lowest BCUT2D eigenvalue weighted by molar-refractivity contribution is 0.438. The number of para-hydroxylation sites is 1. The van der Waals surface area contributed by atoms with Crippen LogP contribution < -0.4 is 0 Å². The zero-order valence-electron chi connectivity index (χ0n) is 11.9. The molecule has 0 saturated heterocycles. The van der Waals surface area contributed by atoms with Crippen LogP contribution in [-0.2, 0) is 6.54 Å². The molecule has 0 aliphatic heterocycles. The van der Waals surface area contributed by atoms with Crippen molar-refractivity contribution in [1.29, 1.82) is 0 Å². The van der Waals surface area contributed by atoms with Gasteiger partial charge in [-0.2, -0.15) is 0 Å². The van der Waals surface area contributed by atoms with E-state index in [-0.39, 0.29) is 5.38 Å². The van der Waals surface area contributed by atoms with Gasteiger partial charge in [0.25, 0.3) is 0 Å². The van der Waals surface area contributed by atoms with Crippen molar-refractivity contribution >= 4 is 34.2 Å². The average Bonchev–Trinajstić information content (AvgIpc) is 2.95. The minimum absolute atomic E-state index is 0.0997. The maximum atomic E-state index is 6.39. The highest BCUT2D eigenvalue weighted by Crippen LogP contribution is 2.35. The van der Waals surface area contributed by atoms with Crippen molar-refractivity contribution in [3.05, 3.63) is 29.0 Å². The van der Waals surface area contributed by atoms with E-state index in [0.717, 1.165) is 34.3 Å². The Kier molecular flexibility index (Phi) is 3.96. The third-order valence-corrected chi connectivity index (χ3v) is 4.85. The Morgan fingerprint density at radius 3 is 2.85 bits per heavy atom. The smallest absolute Gasteiger partial charge is 0.127 e. The van der Waals surface area contributed by atoms with Gasteiger partial charge in [-0.1, -0.05) is 31.0 Å². The van der Waals surface area contributed by atoms with Gasteiger partial charge >= 0.3 is 0 Å². The Morgan fingerprint density at radius 2 is 2.20 bits per heavy atom. The van der Waals surface area contributed by atoms with Crippen molar-refractivity contribution < 1.29 is 0 Å². The summed E-state index contributed by atoms with van der Waals surface area (Å²) in [6.45, 7) is 5.30. The fourth-order valence-electron chi connectivity index (χ4n) is 3.40. The summed E-state index contributed by atoms with van der Waals surface area (Å²) in [6.07, 6.45) is 3.92. The van der Waals surface area contributed by atoms with Crippen LogP contribution >= 0.6 is 23.2 Å². The van der Waals surface area contributed by atoms with Crippen LogP contribution in [0.4, 0.5) is 0 Å². The number of benzene rings is 1. The van der Waals surface area contributed by atoms with E-state index >= 15 is 0 Å². The number of nitrogens with zero attached hydrogens (tertiary/aromatic N) is 2. The first-order valence-electron chi connectivity index (χ1n) is 7.35. The Morgan fingerprint density at radius 1 is 1.40 bits per heavy atom. The van der Waals surface area contributed by atoms with Gasteiger partial charge in [0, 0.05) is 6.54 Å². The topological polar surface area (TPSA) is 17.8 Å². The molecule has 3 unspecified atom stereocenters. The summed E-state index contributed by atoms with van der Waals surface area (Å²) in [5, 5.41) is 0.668. The lowest BCUT2D eigenvalue weighted by Crippen LogP contribution is -2.11. The number of imidazole rings is 1. The third kappa shape index (κ3) is 2.56. The van der Waals surface area contributed by atoms with E-state index in [9.17, 15) is 0 Å². The van der Waals surface area contributed by atoms with E-state index in [2.05, 4.69) is 16.5 Å². The Labute approximate surface area is 130 Å². The lowest BCUT2D eigenvalue weighted by atomic mass is 10.1. The third-order valence-electron chi connectivity index (χ3n) is 4.35. The van der Waals surface area contributed by atoms with Crippen LogP contribution in [0, 0.1) is 11.8 Å². The first-order chi connectivity index (χ1) is 9.56. The van der Waals surface area contributed by atoms with Crippen molar-refractivity contribution in [3.63, 3.8) is 0 Å². The van der Waals surface area contributed by atoms with Crippen molar-refractivity contribution in [1.82, 2.24) is 9.55 Å². The molecule has 4 heteroatoms. The fourth-order valence-corrected chi connectivity index (χ4v) is 3.84. The molecule has 3 rings (SSSR count). The molecule has 0 N–H and O–H groups in total. The second-order valence-electron chi connectivity index (χ2n) is 6.09. The van der Waals surface area contributed by atoms with Gasteiger partial charge in [-0.15, -0.1) is 11.6 Å². The van der Waals surface area contributed by atoms with Crippen molar-refractivity contribution in [2.75, 3.05) is 0 Å². The van der Waals surface area contributed by atoms with Crippen molar-refractivity contribution in [3.8, 4) is 0 Å². The number of fused-ring (bicyclic) bond motifs is 1. The SMILES string of the molecule is CC1CCC(Cn2c(C(C)Cl)nc3cccc(Cl)c32)C1. The van der Waals surface area contributed by atoms with Gasteiger partial charge in [0.1, 0.15) is 5.82 Å². The second-order valence-corrected chi connectivity index (χ2v) is 7.15. The summed E-state index contributed by atoms with van der Waals surface area (Å²) in [4.78, 5) is 4.68. The Bertz CT molecular complexity index is 618. The highest BCUT2D eigenvalue weighted by atomic mass is 35.5. The standard InChI is InChI=1S/C16H20Cl2N2/c1-10-6-7-12(8-10)9-20-15-13(18)4-3-5-14(15)19-16(20)11(2)17/h3-5,10-12H,6-9H2,1-2H3. The molecule has 0 spiro atoms. The van der Waals surface area contributed by atoms with Crippen LogP contribution in [0.25, 0.3) is 11.0 Å². The van der Waals surface area contributed by atoms with E-state index in [0.29, 0.717) is 5.92 Å². The molecule has 1 aliphatic carbocycles. The minimum Gasteiger partial charge on any atom is -0.325 e. The molecule has 1 saturated carbocycles. The second kappa shape index (κ2) is 5.57. The molecule has 0 radical (unpaired) electrons. The summed E-state index contributed by atoms with van der Waals surface area (Å²) in [6, 6.07) is 5.89. The number of hydrogen-bond acceptors (Lipinski definition) is 1. The fraction of sp³-hybridized carbons (Fsp3) is 0.562. The predicted octanol–water partition coefficient (Wildman–Crippen LogP) is 5.43. The first-order valence-corrected chi connectivity index (χ1v) is 8.16. The van der Waals surface area contributed by atoms with E-state index in [4.69, 9.17) is 23.2 Å². The van der Waals surface area contributed by atoms with E-state index in [1.807, 2.05) is 25.1 Å². The molecule has 20 heavy (non-hydrogen) atoms. The minimum atomic E-state index is -0.0997. The molecule has 2 nitrogen and oxygen atoms in total.